The molecule has 1 saturated heterocycles. The van der Waals surface area contributed by atoms with E-state index in [1.165, 1.54) is 0 Å². The van der Waals surface area contributed by atoms with Crippen molar-refractivity contribution < 1.29 is 13.9 Å². The summed E-state index contributed by atoms with van der Waals surface area (Å²) in [6.45, 7) is 3.84. The molecule has 1 fully saturated rings. The second kappa shape index (κ2) is 12.3. The van der Waals surface area contributed by atoms with E-state index in [1.807, 2.05) is 28.8 Å². The molecule has 0 aliphatic carbocycles. The Morgan fingerprint density at radius 1 is 1.33 bits per heavy atom. The number of hydrogen-bond acceptors (Lipinski definition) is 8. The topological polar surface area (TPSA) is 103 Å². The molecule has 2 atom stereocenters. The summed E-state index contributed by atoms with van der Waals surface area (Å²) in [6, 6.07) is 7.95. The molecule has 9 nitrogen and oxygen atoms in total. The Morgan fingerprint density at radius 2 is 2.14 bits per heavy atom. The summed E-state index contributed by atoms with van der Waals surface area (Å²) in [4.78, 5) is 15.9. The second-order valence-corrected chi connectivity index (χ2v) is 9.09. The summed E-state index contributed by atoms with van der Waals surface area (Å²) in [5.41, 5.74) is 9.93. The number of ether oxygens (including phenoxy) is 2. The van der Waals surface area contributed by atoms with Crippen molar-refractivity contribution in [3.63, 3.8) is 0 Å². The number of benzene rings is 1. The van der Waals surface area contributed by atoms with E-state index >= 15 is 0 Å². The molecular formula is C25H33ClFN7O2. The van der Waals surface area contributed by atoms with Crippen LogP contribution in [0.3, 0.4) is 0 Å². The number of hydrogen-bond donors (Lipinski definition) is 2. The van der Waals surface area contributed by atoms with Gasteiger partial charge in [0, 0.05) is 32.9 Å². The standard InChI is InChI=1S/C25H33ClFN7O2/c1-3-12-33(14-17-4-6-18(7-5-17)20(28)13-29-11-10-27)23-22-24(32-25(26)31-23)34(16-30-22)21-9-8-19(36-21)15-35-2/h4-7,13,16,19,21,29H,3,8-12,14-15,28H2,1-2H3/b20-13-/t19-,21?/m0/s1. The van der Waals surface area contributed by atoms with Crippen molar-refractivity contribution in [2.24, 2.45) is 5.73 Å². The van der Waals surface area contributed by atoms with Gasteiger partial charge in [-0.2, -0.15) is 9.97 Å². The maximum absolute atomic E-state index is 12.3. The minimum Gasteiger partial charge on any atom is -0.397 e. The molecule has 11 heteroatoms. The lowest BCUT2D eigenvalue weighted by Gasteiger charge is -2.24. The van der Waals surface area contributed by atoms with Gasteiger partial charge in [-0.05, 0) is 42.0 Å². The van der Waals surface area contributed by atoms with E-state index < -0.39 is 6.67 Å². The number of fused-ring (bicyclic) bond motifs is 1. The molecule has 1 aromatic carbocycles. The van der Waals surface area contributed by atoms with Gasteiger partial charge in [0.1, 0.15) is 12.9 Å². The van der Waals surface area contributed by atoms with E-state index in [-0.39, 0.29) is 24.2 Å². The summed E-state index contributed by atoms with van der Waals surface area (Å²) in [5.74, 6) is 0.691. The molecule has 36 heavy (non-hydrogen) atoms. The number of halogens is 2. The Morgan fingerprint density at radius 3 is 2.86 bits per heavy atom. The lowest BCUT2D eigenvalue weighted by molar-refractivity contribution is -0.0300. The normalized spacial score (nSPS) is 18.2. The van der Waals surface area contributed by atoms with Gasteiger partial charge in [0.2, 0.25) is 5.28 Å². The van der Waals surface area contributed by atoms with Crippen LogP contribution in [0.25, 0.3) is 16.9 Å². The first kappa shape index (κ1) is 26.1. The number of nitrogens with one attached hydrogen (secondary N) is 1. The van der Waals surface area contributed by atoms with E-state index in [0.29, 0.717) is 35.8 Å². The molecule has 0 saturated carbocycles. The Hall–Kier alpha value is -2.95. The molecule has 3 N–H and O–H groups in total. The number of imidazole rings is 1. The SMILES string of the molecule is CCCN(Cc1ccc(/C(N)=C/NCCF)cc1)c1nc(Cl)nc2c1ncn2C1CC[C@@H](COC)O1. The quantitative estimate of drug-likeness (QED) is 0.274. The van der Waals surface area contributed by atoms with E-state index in [0.717, 1.165) is 36.9 Å². The van der Waals surface area contributed by atoms with Gasteiger partial charge in [-0.1, -0.05) is 31.2 Å². The number of aromatic nitrogens is 4. The summed E-state index contributed by atoms with van der Waals surface area (Å²) in [5, 5.41) is 3.02. The third-order valence-corrected chi connectivity index (χ3v) is 6.24. The van der Waals surface area contributed by atoms with Gasteiger partial charge in [0.25, 0.3) is 0 Å². The van der Waals surface area contributed by atoms with E-state index in [2.05, 4.69) is 32.1 Å². The third kappa shape index (κ3) is 6.05. The maximum atomic E-state index is 12.3. The van der Waals surface area contributed by atoms with Crippen molar-refractivity contribution in [1.29, 1.82) is 0 Å². The molecule has 1 unspecified atom stereocenters. The van der Waals surface area contributed by atoms with Crippen LogP contribution in [0.2, 0.25) is 5.28 Å². The van der Waals surface area contributed by atoms with Crippen LogP contribution >= 0.6 is 11.6 Å². The average molecular weight is 518 g/mol. The van der Waals surface area contributed by atoms with Crippen LogP contribution in [0, 0.1) is 0 Å². The zero-order chi connectivity index (χ0) is 25.5. The van der Waals surface area contributed by atoms with Gasteiger partial charge in [0.15, 0.2) is 17.0 Å². The molecule has 2 aromatic heterocycles. The molecule has 0 spiro atoms. The minimum atomic E-state index is -0.448. The highest BCUT2D eigenvalue weighted by molar-refractivity contribution is 6.28. The Bertz CT molecular complexity index is 1170. The molecule has 0 radical (unpaired) electrons. The molecule has 3 aromatic rings. The van der Waals surface area contributed by atoms with Crippen molar-refractivity contribution >= 4 is 34.3 Å². The van der Waals surface area contributed by atoms with E-state index in [4.69, 9.17) is 26.8 Å². The van der Waals surface area contributed by atoms with Gasteiger partial charge >= 0.3 is 0 Å². The van der Waals surface area contributed by atoms with Gasteiger partial charge in [-0.3, -0.25) is 4.57 Å². The lowest BCUT2D eigenvalue weighted by atomic mass is 10.1. The fraction of sp³-hybridized carbons (Fsp3) is 0.480. The molecule has 194 valence electrons. The summed E-state index contributed by atoms with van der Waals surface area (Å²) in [7, 11) is 1.68. The second-order valence-electron chi connectivity index (χ2n) is 8.75. The average Bonchev–Trinajstić information content (AvgIpc) is 3.51. The molecule has 0 amide bonds. The summed E-state index contributed by atoms with van der Waals surface area (Å²) in [6.07, 6.45) is 5.94. The fourth-order valence-corrected chi connectivity index (χ4v) is 4.54. The van der Waals surface area contributed by atoms with Crippen LogP contribution < -0.4 is 16.0 Å². The van der Waals surface area contributed by atoms with Gasteiger partial charge in [0.05, 0.1) is 24.7 Å². The minimum absolute atomic E-state index is 0.0529. The molecule has 3 heterocycles. The zero-order valence-electron chi connectivity index (χ0n) is 20.7. The molecule has 0 bridgehead atoms. The molecule has 1 aliphatic heterocycles. The molecule has 1 aliphatic rings. The van der Waals surface area contributed by atoms with Crippen LogP contribution in [0.5, 0.6) is 0 Å². The third-order valence-electron chi connectivity index (χ3n) is 6.07. The van der Waals surface area contributed by atoms with Crippen molar-refractivity contribution in [2.45, 2.75) is 45.1 Å². The highest BCUT2D eigenvalue weighted by atomic mass is 35.5. The predicted molar refractivity (Wildman–Crippen MR) is 139 cm³/mol. The van der Waals surface area contributed by atoms with Crippen molar-refractivity contribution in [2.75, 3.05) is 38.4 Å². The number of nitrogens with two attached hydrogens (primary N) is 1. The molecular weight excluding hydrogens is 485 g/mol. The predicted octanol–water partition coefficient (Wildman–Crippen LogP) is 4.04. The first-order valence-corrected chi connectivity index (χ1v) is 12.6. The summed E-state index contributed by atoms with van der Waals surface area (Å²) >= 11 is 6.39. The van der Waals surface area contributed by atoms with E-state index in [1.54, 1.807) is 19.6 Å². The van der Waals surface area contributed by atoms with E-state index in [9.17, 15) is 4.39 Å². The molecule has 4 rings (SSSR count). The Kier molecular flexibility index (Phi) is 8.95. The first-order chi connectivity index (χ1) is 17.5. The Labute approximate surface area is 215 Å². The van der Waals surface area contributed by atoms with Crippen LogP contribution in [0.15, 0.2) is 36.8 Å². The van der Waals surface area contributed by atoms with Gasteiger partial charge < -0.3 is 25.4 Å². The van der Waals surface area contributed by atoms with Crippen LogP contribution in [-0.2, 0) is 16.0 Å². The van der Waals surface area contributed by atoms with Crippen LogP contribution in [-0.4, -0.2) is 59.1 Å². The number of anilines is 1. The monoisotopic (exact) mass is 517 g/mol. The van der Waals surface area contributed by atoms with Crippen molar-refractivity contribution in [1.82, 2.24) is 24.8 Å². The summed E-state index contributed by atoms with van der Waals surface area (Å²) < 4.78 is 25.6. The highest BCUT2D eigenvalue weighted by Gasteiger charge is 2.29. The van der Waals surface area contributed by atoms with Gasteiger partial charge in [-0.25, -0.2) is 9.37 Å². The van der Waals surface area contributed by atoms with Crippen LogP contribution in [0.1, 0.15) is 43.5 Å². The number of methoxy groups -OCH3 is 1. The fourth-order valence-electron chi connectivity index (χ4n) is 4.38. The number of alkyl halides is 1. The van der Waals surface area contributed by atoms with Crippen LogP contribution in [0.4, 0.5) is 10.2 Å². The maximum Gasteiger partial charge on any atom is 0.226 e. The van der Waals surface area contributed by atoms with Crippen molar-refractivity contribution in [3.8, 4) is 0 Å². The highest BCUT2D eigenvalue weighted by Crippen LogP contribution is 2.33. The zero-order valence-corrected chi connectivity index (χ0v) is 21.4. The number of nitrogens with zero attached hydrogens (tertiary/aromatic N) is 5. The van der Waals surface area contributed by atoms with Gasteiger partial charge in [-0.15, -0.1) is 0 Å². The van der Waals surface area contributed by atoms with Crippen molar-refractivity contribution in [3.05, 3.63) is 53.2 Å². The largest absolute Gasteiger partial charge is 0.397 e. The smallest absolute Gasteiger partial charge is 0.226 e. The first-order valence-electron chi connectivity index (χ1n) is 12.2. The Balaban J connectivity index is 1.57. The number of rotatable bonds is 12. The lowest BCUT2D eigenvalue weighted by Crippen LogP contribution is -2.25.